The van der Waals surface area contributed by atoms with Crippen molar-refractivity contribution in [3.63, 3.8) is 0 Å². The molecule has 0 amide bonds. The first-order valence-electron chi connectivity index (χ1n) is 6.78. The van der Waals surface area contributed by atoms with Crippen LogP contribution in [0.1, 0.15) is 11.1 Å². The quantitative estimate of drug-likeness (QED) is 0.773. The Bertz CT molecular complexity index is 777. The summed E-state index contributed by atoms with van der Waals surface area (Å²) in [7, 11) is 0. The van der Waals surface area contributed by atoms with Crippen LogP contribution in [0.25, 0.3) is 11.3 Å². The zero-order valence-corrected chi connectivity index (χ0v) is 13.3. The highest BCUT2D eigenvalue weighted by atomic mass is 79.9. The van der Waals surface area contributed by atoms with Crippen LogP contribution >= 0.6 is 15.9 Å². The Kier molecular flexibility index (Phi) is 3.80. The summed E-state index contributed by atoms with van der Waals surface area (Å²) in [5.41, 5.74) is 10.5. The van der Waals surface area contributed by atoms with E-state index < -0.39 is 0 Å². The van der Waals surface area contributed by atoms with Gasteiger partial charge in [-0.1, -0.05) is 58.4 Å². The van der Waals surface area contributed by atoms with Crippen LogP contribution in [0.15, 0.2) is 59.1 Å². The predicted octanol–water partition coefficient (Wildman–Crippen LogP) is 4.25. The van der Waals surface area contributed by atoms with Crippen molar-refractivity contribution in [2.24, 2.45) is 0 Å². The van der Waals surface area contributed by atoms with Crippen molar-refractivity contribution in [1.29, 1.82) is 0 Å². The summed E-state index contributed by atoms with van der Waals surface area (Å²) in [6.45, 7) is 2.78. The van der Waals surface area contributed by atoms with E-state index >= 15 is 0 Å². The van der Waals surface area contributed by atoms with Crippen LogP contribution in [-0.2, 0) is 6.54 Å². The Balaban J connectivity index is 1.96. The number of nitrogen functional groups attached to an aromatic ring is 1. The van der Waals surface area contributed by atoms with Crippen molar-refractivity contribution in [2.45, 2.75) is 13.5 Å². The van der Waals surface area contributed by atoms with Crippen LogP contribution in [0.5, 0.6) is 0 Å². The van der Waals surface area contributed by atoms with Crippen molar-refractivity contribution >= 4 is 21.7 Å². The first kappa shape index (κ1) is 13.9. The fourth-order valence-electron chi connectivity index (χ4n) is 2.31. The molecule has 0 saturated heterocycles. The summed E-state index contributed by atoms with van der Waals surface area (Å²) >= 11 is 3.56. The molecule has 0 fully saturated rings. The standard InChI is InChI=1S/C17H16BrN3/c1-12-6-2-3-7-13(12)11-21-17(19)10-16(20-21)14-8-4-5-9-15(14)18/h2-10H,11,19H2,1H3. The third-order valence-electron chi connectivity index (χ3n) is 3.54. The maximum Gasteiger partial charge on any atom is 0.122 e. The van der Waals surface area contributed by atoms with E-state index in [0.717, 1.165) is 15.7 Å². The van der Waals surface area contributed by atoms with E-state index in [1.54, 1.807) is 0 Å². The van der Waals surface area contributed by atoms with Crippen LogP contribution in [0.2, 0.25) is 0 Å². The molecule has 0 atom stereocenters. The van der Waals surface area contributed by atoms with Crippen LogP contribution < -0.4 is 5.73 Å². The van der Waals surface area contributed by atoms with Crippen molar-refractivity contribution in [1.82, 2.24) is 9.78 Å². The molecule has 2 aromatic carbocycles. The first-order valence-corrected chi connectivity index (χ1v) is 7.57. The van der Waals surface area contributed by atoms with E-state index in [1.165, 1.54) is 11.1 Å². The molecule has 0 aliphatic carbocycles. The average Bonchev–Trinajstić information content (AvgIpc) is 2.83. The molecule has 0 spiro atoms. The number of hydrogen-bond acceptors (Lipinski definition) is 2. The smallest absolute Gasteiger partial charge is 0.122 e. The highest BCUT2D eigenvalue weighted by Crippen LogP contribution is 2.28. The fraction of sp³-hybridized carbons (Fsp3) is 0.118. The van der Waals surface area contributed by atoms with Crippen molar-refractivity contribution in [3.8, 4) is 11.3 Å². The van der Waals surface area contributed by atoms with Gasteiger partial charge in [-0.2, -0.15) is 5.10 Å². The molecular formula is C17H16BrN3. The number of nitrogens with zero attached hydrogens (tertiary/aromatic N) is 2. The highest BCUT2D eigenvalue weighted by Gasteiger charge is 2.10. The Hall–Kier alpha value is -2.07. The van der Waals surface area contributed by atoms with E-state index in [4.69, 9.17) is 5.73 Å². The number of hydrogen-bond donors (Lipinski definition) is 1. The second kappa shape index (κ2) is 5.74. The topological polar surface area (TPSA) is 43.8 Å². The summed E-state index contributed by atoms with van der Waals surface area (Å²) in [4.78, 5) is 0. The highest BCUT2D eigenvalue weighted by molar-refractivity contribution is 9.10. The van der Waals surface area contributed by atoms with Crippen molar-refractivity contribution in [2.75, 3.05) is 5.73 Å². The molecule has 0 aliphatic heterocycles. The summed E-state index contributed by atoms with van der Waals surface area (Å²) < 4.78 is 2.86. The molecule has 3 rings (SSSR count). The molecule has 106 valence electrons. The summed E-state index contributed by atoms with van der Waals surface area (Å²) in [5.74, 6) is 0.670. The number of halogens is 1. The molecule has 21 heavy (non-hydrogen) atoms. The van der Waals surface area contributed by atoms with Crippen molar-refractivity contribution in [3.05, 3.63) is 70.2 Å². The Morgan fingerprint density at radius 1 is 1.10 bits per heavy atom. The lowest BCUT2D eigenvalue weighted by Crippen LogP contribution is -2.06. The molecule has 1 aromatic heterocycles. The van der Waals surface area contributed by atoms with Crippen molar-refractivity contribution < 1.29 is 0 Å². The van der Waals surface area contributed by atoms with Crippen LogP contribution in [0.3, 0.4) is 0 Å². The number of anilines is 1. The molecule has 3 aromatic rings. The largest absolute Gasteiger partial charge is 0.384 e. The minimum Gasteiger partial charge on any atom is -0.384 e. The molecule has 3 nitrogen and oxygen atoms in total. The number of nitrogens with two attached hydrogens (primary N) is 1. The lowest BCUT2D eigenvalue weighted by Gasteiger charge is -2.07. The fourth-order valence-corrected chi connectivity index (χ4v) is 2.80. The SMILES string of the molecule is Cc1ccccc1Cn1nc(-c2ccccc2Br)cc1N. The third-order valence-corrected chi connectivity index (χ3v) is 4.23. The van der Waals surface area contributed by atoms with Gasteiger partial charge in [0.2, 0.25) is 0 Å². The molecule has 0 bridgehead atoms. The van der Waals surface area contributed by atoms with Gasteiger partial charge in [0.25, 0.3) is 0 Å². The van der Waals surface area contributed by atoms with E-state index in [0.29, 0.717) is 12.4 Å². The zero-order valence-electron chi connectivity index (χ0n) is 11.8. The van der Waals surface area contributed by atoms with Gasteiger partial charge in [0.1, 0.15) is 5.82 Å². The number of benzene rings is 2. The maximum absolute atomic E-state index is 6.11. The van der Waals surface area contributed by atoms with E-state index in [-0.39, 0.29) is 0 Å². The monoisotopic (exact) mass is 341 g/mol. The Morgan fingerprint density at radius 2 is 1.81 bits per heavy atom. The number of rotatable bonds is 3. The molecule has 2 N–H and O–H groups in total. The van der Waals surface area contributed by atoms with E-state index in [1.807, 2.05) is 47.1 Å². The van der Waals surface area contributed by atoms with Gasteiger partial charge in [-0.15, -0.1) is 0 Å². The van der Waals surface area contributed by atoms with Crippen LogP contribution in [0, 0.1) is 6.92 Å². The molecule has 4 heteroatoms. The van der Waals surface area contributed by atoms with E-state index in [2.05, 4.69) is 40.1 Å². The second-order valence-corrected chi connectivity index (χ2v) is 5.87. The van der Waals surface area contributed by atoms with Gasteiger partial charge < -0.3 is 5.73 Å². The average molecular weight is 342 g/mol. The second-order valence-electron chi connectivity index (χ2n) is 5.02. The zero-order chi connectivity index (χ0) is 14.8. The first-order chi connectivity index (χ1) is 10.1. The number of aromatic nitrogens is 2. The van der Waals surface area contributed by atoms with Gasteiger partial charge in [-0.3, -0.25) is 0 Å². The van der Waals surface area contributed by atoms with Gasteiger partial charge in [0, 0.05) is 16.1 Å². The van der Waals surface area contributed by atoms with E-state index in [9.17, 15) is 0 Å². The number of aryl methyl sites for hydroxylation is 1. The van der Waals surface area contributed by atoms with Gasteiger partial charge in [0.15, 0.2) is 0 Å². The van der Waals surface area contributed by atoms with Gasteiger partial charge >= 0.3 is 0 Å². The van der Waals surface area contributed by atoms with Gasteiger partial charge in [-0.25, -0.2) is 4.68 Å². The molecule has 0 saturated carbocycles. The molecule has 0 aliphatic rings. The third kappa shape index (κ3) is 2.85. The molecule has 1 heterocycles. The van der Waals surface area contributed by atoms with Crippen LogP contribution in [-0.4, -0.2) is 9.78 Å². The molecule has 0 unspecified atom stereocenters. The normalized spacial score (nSPS) is 10.8. The van der Waals surface area contributed by atoms with Gasteiger partial charge in [-0.05, 0) is 24.1 Å². The Labute approximate surface area is 132 Å². The minimum absolute atomic E-state index is 0.670. The molecule has 0 radical (unpaired) electrons. The Morgan fingerprint density at radius 3 is 2.57 bits per heavy atom. The summed E-state index contributed by atoms with van der Waals surface area (Å²) in [6, 6.07) is 18.2. The van der Waals surface area contributed by atoms with Gasteiger partial charge in [0.05, 0.1) is 12.2 Å². The maximum atomic E-state index is 6.11. The lowest BCUT2D eigenvalue weighted by molar-refractivity contribution is 0.697. The minimum atomic E-state index is 0.670. The lowest BCUT2D eigenvalue weighted by atomic mass is 10.1. The molecular weight excluding hydrogens is 326 g/mol. The van der Waals surface area contributed by atoms with Crippen LogP contribution in [0.4, 0.5) is 5.82 Å². The predicted molar refractivity (Wildman–Crippen MR) is 90.1 cm³/mol. The summed E-state index contributed by atoms with van der Waals surface area (Å²) in [6.07, 6.45) is 0. The summed E-state index contributed by atoms with van der Waals surface area (Å²) in [5, 5.41) is 4.64.